The van der Waals surface area contributed by atoms with E-state index in [0.717, 1.165) is 36.5 Å². The first kappa shape index (κ1) is 19.5. The van der Waals surface area contributed by atoms with E-state index in [9.17, 15) is 14.0 Å². The quantitative estimate of drug-likeness (QED) is 0.618. The highest BCUT2D eigenvalue weighted by molar-refractivity contribution is 6.09. The number of morpholine rings is 1. The summed E-state index contributed by atoms with van der Waals surface area (Å²) in [5.41, 5.74) is 7.79. The van der Waals surface area contributed by atoms with Crippen LogP contribution in [0.25, 0.3) is 0 Å². The van der Waals surface area contributed by atoms with E-state index in [2.05, 4.69) is 9.89 Å². The zero-order valence-corrected chi connectivity index (χ0v) is 15.3. The number of hydrogen-bond donors (Lipinski definition) is 2. The molecule has 0 radical (unpaired) electrons. The second kappa shape index (κ2) is 8.18. The molecule has 1 amide bonds. The summed E-state index contributed by atoms with van der Waals surface area (Å²) in [6.45, 7) is 4.82. The van der Waals surface area contributed by atoms with Crippen LogP contribution in [0.5, 0.6) is 0 Å². The minimum Gasteiger partial charge on any atom is -0.478 e. The number of carboxylic acids is 1. The normalized spacial score (nSPS) is 14.8. The van der Waals surface area contributed by atoms with Crippen molar-refractivity contribution in [3.63, 3.8) is 0 Å². The zero-order valence-electron chi connectivity index (χ0n) is 15.3. The van der Waals surface area contributed by atoms with E-state index in [0.29, 0.717) is 18.8 Å². The predicted octanol–water partition coefficient (Wildman–Crippen LogP) is 2.21. The van der Waals surface area contributed by atoms with Crippen molar-refractivity contribution in [1.82, 2.24) is 0 Å². The maximum atomic E-state index is 13.8. The zero-order chi connectivity index (χ0) is 20.3. The summed E-state index contributed by atoms with van der Waals surface area (Å²) in [5.74, 6) is -3.07. The van der Waals surface area contributed by atoms with Crippen LogP contribution in [0, 0.1) is 12.7 Å². The maximum absolute atomic E-state index is 13.8. The summed E-state index contributed by atoms with van der Waals surface area (Å²) >= 11 is 0. The highest BCUT2D eigenvalue weighted by Crippen LogP contribution is 2.23. The Morgan fingerprint density at radius 1 is 1.14 bits per heavy atom. The second-order valence-electron chi connectivity index (χ2n) is 6.40. The first-order valence-corrected chi connectivity index (χ1v) is 8.72. The fraction of sp³-hybridized carbons (Fsp3) is 0.250. The van der Waals surface area contributed by atoms with Crippen LogP contribution in [0.3, 0.4) is 0 Å². The third-order valence-corrected chi connectivity index (χ3v) is 4.51. The largest absolute Gasteiger partial charge is 0.478 e. The summed E-state index contributed by atoms with van der Waals surface area (Å²) in [7, 11) is 0. The van der Waals surface area contributed by atoms with Crippen molar-refractivity contribution in [2.45, 2.75) is 6.92 Å². The first-order valence-electron chi connectivity index (χ1n) is 8.72. The standard InChI is InChI=1S/C20H20FN3O4/c1-12-10-14(3-5-17(12)24-6-8-28-9-7-24)19(25)23-18(22)13-2-4-15(20(26)27)16(21)11-13/h2-5,10-11H,6-9H2,1H3,(H,26,27)(H2,22,23,25). The van der Waals surface area contributed by atoms with Crippen LogP contribution >= 0.6 is 0 Å². The topological polar surface area (TPSA) is 105 Å². The number of hydrogen-bond acceptors (Lipinski definition) is 4. The van der Waals surface area contributed by atoms with Crippen LogP contribution in [0.1, 0.15) is 31.8 Å². The van der Waals surface area contributed by atoms with Gasteiger partial charge in [0.25, 0.3) is 5.91 Å². The predicted molar refractivity (Wildman–Crippen MR) is 103 cm³/mol. The summed E-state index contributed by atoms with van der Waals surface area (Å²) in [6, 6.07) is 8.61. The Morgan fingerprint density at radius 2 is 1.82 bits per heavy atom. The van der Waals surface area contributed by atoms with Crippen LogP contribution in [0.15, 0.2) is 41.4 Å². The molecule has 2 aromatic carbocycles. The van der Waals surface area contributed by atoms with Crippen LogP contribution in [0.4, 0.5) is 10.1 Å². The Bertz CT molecular complexity index is 952. The third kappa shape index (κ3) is 4.17. The number of rotatable bonds is 4. The molecular weight excluding hydrogens is 365 g/mol. The lowest BCUT2D eigenvalue weighted by Crippen LogP contribution is -2.36. The molecule has 1 fully saturated rings. The van der Waals surface area contributed by atoms with Crippen LogP contribution in [0.2, 0.25) is 0 Å². The van der Waals surface area contributed by atoms with Crippen LogP contribution < -0.4 is 10.6 Å². The number of nitrogens with zero attached hydrogens (tertiary/aromatic N) is 2. The molecule has 28 heavy (non-hydrogen) atoms. The number of anilines is 1. The molecular formula is C20H20FN3O4. The fourth-order valence-corrected chi connectivity index (χ4v) is 3.03. The first-order chi connectivity index (χ1) is 13.4. The molecule has 1 aliphatic rings. The molecule has 3 N–H and O–H groups in total. The molecule has 8 heteroatoms. The Labute approximate surface area is 161 Å². The highest BCUT2D eigenvalue weighted by Gasteiger charge is 2.16. The number of aryl methyl sites for hydroxylation is 1. The van der Waals surface area contributed by atoms with E-state index in [4.69, 9.17) is 15.6 Å². The molecule has 7 nitrogen and oxygen atoms in total. The number of carboxylic acid groups (broad SMARTS) is 1. The summed E-state index contributed by atoms with van der Waals surface area (Å²) in [6.07, 6.45) is 0. The molecule has 1 saturated heterocycles. The van der Waals surface area contributed by atoms with E-state index in [-0.39, 0.29) is 11.4 Å². The molecule has 3 rings (SSSR count). The number of amides is 1. The number of carbonyl (C=O) groups is 2. The average molecular weight is 385 g/mol. The highest BCUT2D eigenvalue weighted by atomic mass is 19.1. The number of carbonyl (C=O) groups excluding carboxylic acids is 1. The molecule has 0 aromatic heterocycles. The van der Waals surface area contributed by atoms with Crippen molar-refractivity contribution in [2.75, 3.05) is 31.2 Å². The van der Waals surface area contributed by atoms with Gasteiger partial charge in [-0.3, -0.25) is 4.79 Å². The molecule has 0 atom stereocenters. The molecule has 0 saturated carbocycles. The molecule has 0 unspecified atom stereocenters. The molecule has 2 aromatic rings. The fourth-order valence-electron chi connectivity index (χ4n) is 3.03. The SMILES string of the molecule is Cc1cc(C(=O)N=C(N)c2ccc(C(=O)O)c(F)c2)ccc1N1CCOCC1. The van der Waals surface area contributed by atoms with Crippen molar-refractivity contribution in [3.8, 4) is 0 Å². The van der Waals surface area contributed by atoms with Gasteiger partial charge in [0.2, 0.25) is 0 Å². The van der Waals surface area contributed by atoms with Crippen molar-refractivity contribution in [1.29, 1.82) is 0 Å². The minimum atomic E-state index is -1.38. The van der Waals surface area contributed by atoms with E-state index in [1.807, 2.05) is 13.0 Å². The van der Waals surface area contributed by atoms with Gasteiger partial charge in [-0.1, -0.05) is 6.07 Å². The number of nitrogens with two attached hydrogens (primary N) is 1. The molecule has 0 aliphatic carbocycles. The van der Waals surface area contributed by atoms with Crippen LogP contribution in [-0.4, -0.2) is 49.1 Å². The molecule has 1 heterocycles. The Hall–Kier alpha value is -3.26. The minimum absolute atomic E-state index is 0.137. The Balaban J connectivity index is 1.80. The van der Waals surface area contributed by atoms with Gasteiger partial charge in [0.1, 0.15) is 11.7 Å². The van der Waals surface area contributed by atoms with Gasteiger partial charge in [0, 0.05) is 29.9 Å². The summed E-state index contributed by atoms with van der Waals surface area (Å²) in [4.78, 5) is 29.3. The Morgan fingerprint density at radius 3 is 2.43 bits per heavy atom. The molecule has 0 spiro atoms. The summed E-state index contributed by atoms with van der Waals surface area (Å²) < 4.78 is 19.2. The lowest BCUT2D eigenvalue weighted by molar-refractivity contribution is 0.0691. The van der Waals surface area contributed by atoms with E-state index < -0.39 is 23.3 Å². The van der Waals surface area contributed by atoms with Crippen molar-refractivity contribution < 1.29 is 23.8 Å². The number of halogens is 1. The van der Waals surface area contributed by atoms with E-state index in [1.165, 1.54) is 6.07 Å². The van der Waals surface area contributed by atoms with Gasteiger partial charge in [-0.25, -0.2) is 9.18 Å². The van der Waals surface area contributed by atoms with Gasteiger partial charge >= 0.3 is 5.97 Å². The lowest BCUT2D eigenvalue weighted by atomic mass is 10.1. The monoisotopic (exact) mass is 385 g/mol. The van der Waals surface area contributed by atoms with Gasteiger partial charge < -0.3 is 20.5 Å². The van der Waals surface area contributed by atoms with Gasteiger partial charge in [0.05, 0.1) is 18.8 Å². The smallest absolute Gasteiger partial charge is 0.338 e. The van der Waals surface area contributed by atoms with Crippen molar-refractivity contribution >= 4 is 23.4 Å². The van der Waals surface area contributed by atoms with Crippen LogP contribution in [-0.2, 0) is 4.74 Å². The second-order valence-corrected chi connectivity index (χ2v) is 6.40. The molecule has 1 aliphatic heterocycles. The molecule has 0 bridgehead atoms. The van der Waals surface area contributed by atoms with Gasteiger partial charge in [-0.05, 0) is 42.8 Å². The Kier molecular flexibility index (Phi) is 5.70. The van der Waals surface area contributed by atoms with Gasteiger partial charge in [-0.2, -0.15) is 4.99 Å². The number of amidine groups is 1. The number of aromatic carboxylic acids is 1. The number of ether oxygens (including phenoxy) is 1. The van der Waals surface area contributed by atoms with Gasteiger partial charge in [-0.15, -0.1) is 0 Å². The third-order valence-electron chi connectivity index (χ3n) is 4.51. The van der Waals surface area contributed by atoms with Crippen molar-refractivity contribution in [2.24, 2.45) is 10.7 Å². The average Bonchev–Trinajstić information content (AvgIpc) is 2.68. The van der Waals surface area contributed by atoms with E-state index >= 15 is 0 Å². The number of benzene rings is 2. The maximum Gasteiger partial charge on any atom is 0.338 e. The lowest BCUT2D eigenvalue weighted by Gasteiger charge is -2.30. The van der Waals surface area contributed by atoms with Gasteiger partial charge in [0.15, 0.2) is 0 Å². The van der Waals surface area contributed by atoms with E-state index in [1.54, 1.807) is 12.1 Å². The number of aliphatic imine (C=N–C) groups is 1. The summed E-state index contributed by atoms with van der Waals surface area (Å²) in [5, 5.41) is 8.87. The van der Waals surface area contributed by atoms with Crippen molar-refractivity contribution in [3.05, 3.63) is 64.5 Å². The molecule has 146 valence electrons.